The summed E-state index contributed by atoms with van der Waals surface area (Å²) in [4.78, 5) is 59.1. The Labute approximate surface area is 299 Å². The Morgan fingerprint density at radius 2 is 1.61 bits per heavy atom. The monoisotopic (exact) mass is 741 g/mol. The molecule has 3 saturated heterocycles. The Morgan fingerprint density at radius 1 is 1.04 bits per heavy atom. The van der Waals surface area contributed by atoms with E-state index in [0.717, 1.165) is 16.0 Å². The number of rotatable bonds is 5. The molecule has 0 aromatic heterocycles. The summed E-state index contributed by atoms with van der Waals surface area (Å²) < 4.78 is 3.13. The van der Waals surface area contributed by atoms with Crippen molar-refractivity contribution in [2.45, 2.75) is 98.6 Å². The second kappa shape index (κ2) is 12.5. The average Bonchev–Trinajstić information content (AvgIpc) is 3.57. The number of hydrogen-bond donors (Lipinski definition) is 6. The quantitative estimate of drug-likeness (QED) is 0.148. The second-order valence-electron chi connectivity index (χ2n) is 14.9. The Kier molecular flexibility index (Phi) is 9.42. The molecule has 4 aliphatic heterocycles. The van der Waals surface area contributed by atoms with Gasteiger partial charge in [0.05, 0.1) is 24.4 Å². The molecular formula is C32H42Cl3N7O7. The van der Waals surface area contributed by atoms with Gasteiger partial charge in [-0.25, -0.2) is 9.79 Å². The first-order valence-electron chi connectivity index (χ1n) is 15.8. The maximum Gasteiger partial charge on any atom is 0.414 e. The van der Waals surface area contributed by atoms with Crippen molar-refractivity contribution in [3.63, 3.8) is 0 Å². The molecule has 3 fully saturated rings. The zero-order chi connectivity index (χ0) is 36.5. The summed E-state index contributed by atoms with van der Waals surface area (Å²) in [5.41, 5.74) is -0.343. The van der Waals surface area contributed by atoms with Crippen LogP contribution in [0.25, 0.3) is 0 Å². The lowest BCUT2D eigenvalue weighted by Crippen LogP contribution is -2.78. The molecule has 4 heterocycles. The van der Waals surface area contributed by atoms with E-state index in [1.54, 1.807) is 12.1 Å². The highest BCUT2D eigenvalue weighted by molar-refractivity contribution is 6.67. The van der Waals surface area contributed by atoms with Crippen LogP contribution in [0, 0.1) is 0 Å². The minimum atomic E-state index is -2.77. The summed E-state index contributed by atoms with van der Waals surface area (Å²) in [6.45, 7) is 15.0. The summed E-state index contributed by atoms with van der Waals surface area (Å²) in [6.07, 6.45) is -1.04. The number of nitrogens with zero attached hydrogens (tertiary/aromatic N) is 3. The highest BCUT2D eigenvalue weighted by atomic mass is 35.6. The summed E-state index contributed by atoms with van der Waals surface area (Å²) in [5.74, 6) is -4.21. The molecule has 6 N–H and O–H groups in total. The van der Waals surface area contributed by atoms with Crippen molar-refractivity contribution in [3.05, 3.63) is 47.3 Å². The van der Waals surface area contributed by atoms with Crippen LogP contribution in [0.3, 0.4) is 0 Å². The normalized spacial score (nSPS) is 26.5. The zero-order valence-corrected chi connectivity index (χ0v) is 30.4. The molecule has 1 aromatic rings. The molecule has 0 radical (unpaired) electrons. The predicted molar refractivity (Wildman–Crippen MR) is 183 cm³/mol. The lowest BCUT2D eigenvalue weighted by molar-refractivity contribution is -0.231. The van der Waals surface area contributed by atoms with Gasteiger partial charge in [0.25, 0.3) is 5.91 Å². The number of hydrogen-bond acceptors (Lipinski definition) is 11. The molecule has 4 atom stereocenters. The molecule has 1 aromatic carbocycles. The van der Waals surface area contributed by atoms with Gasteiger partial charge in [0.15, 0.2) is 5.66 Å². The topological polar surface area (TPSA) is 185 Å². The van der Waals surface area contributed by atoms with Gasteiger partial charge >= 0.3 is 6.09 Å². The van der Waals surface area contributed by atoms with Crippen LogP contribution in [0.15, 0.2) is 35.6 Å². The number of ether oxygens (including phenoxy) is 1. The van der Waals surface area contributed by atoms with E-state index < -0.39 is 63.8 Å². The number of aliphatic imine (C=N–C) groups is 1. The van der Waals surface area contributed by atoms with Crippen LogP contribution >= 0.6 is 34.8 Å². The first kappa shape index (κ1) is 37.0. The Bertz CT molecular complexity index is 1570. The standard InChI is InChI=1S/C32H42Cl3N7O7/c1-16-36-24-20(13-41-22(43)8-9-23(41)44)37-26(39-27(46)49-15-30(33,34)35)42-14-21(32(47,48)31(24,42)40-16)38-25(45)17-10-18(28(2,3)4)12-19(11-17)29(5,6)7/h10-12,20-21,24,36,40,47-48H,1,8-9,13-15H2,2-7H3,(H,38,45)(H,37,39,46)/t20-,21?,24-,31-/m0/s1. The predicted octanol–water partition coefficient (Wildman–Crippen LogP) is 2.09. The third kappa shape index (κ3) is 7.03. The second-order valence-corrected chi connectivity index (χ2v) is 17.4. The van der Waals surface area contributed by atoms with E-state index in [2.05, 4.69) is 38.9 Å². The molecule has 0 bridgehead atoms. The Hall–Kier alpha value is -3.30. The average molecular weight is 743 g/mol. The Balaban J connectivity index is 1.53. The summed E-state index contributed by atoms with van der Waals surface area (Å²) in [7, 11) is 0. The fourth-order valence-electron chi connectivity index (χ4n) is 6.59. The van der Waals surface area contributed by atoms with Crippen LogP contribution in [-0.4, -0.2) is 103 Å². The van der Waals surface area contributed by atoms with E-state index >= 15 is 0 Å². The lowest BCUT2D eigenvalue weighted by atomic mass is 9.79. The Morgan fingerprint density at radius 3 is 2.14 bits per heavy atom. The number of alkyl halides is 3. The number of imide groups is 1. The molecular weight excluding hydrogens is 701 g/mol. The number of amides is 4. The van der Waals surface area contributed by atoms with Gasteiger partial charge in [-0.15, -0.1) is 0 Å². The third-order valence-corrected chi connectivity index (χ3v) is 9.55. The number of alkyl carbamates (subject to hydrolysis) is 1. The molecule has 0 aliphatic carbocycles. The van der Waals surface area contributed by atoms with E-state index in [0.29, 0.717) is 5.56 Å². The number of benzene rings is 1. The molecule has 17 heteroatoms. The SMILES string of the molecule is C=C1N[C@H]2[C@H](CN3C(=O)CCC3=O)N=C(NC(=O)OCC(Cl)(Cl)Cl)N3CC(NC(=O)c4cc(C(C)(C)C)cc(C(C)(C)C)c4)C(O)(O)[C@]23N1. The molecule has 4 aliphatic rings. The van der Waals surface area contributed by atoms with Crippen LogP contribution < -0.4 is 21.3 Å². The van der Waals surface area contributed by atoms with Crippen molar-refractivity contribution in [2.75, 3.05) is 19.7 Å². The highest BCUT2D eigenvalue weighted by Gasteiger charge is 2.74. The van der Waals surface area contributed by atoms with E-state index in [1.165, 1.54) is 4.90 Å². The van der Waals surface area contributed by atoms with Crippen molar-refractivity contribution in [2.24, 2.45) is 4.99 Å². The number of nitrogens with one attached hydrogen (secondary N) is 4. The van der Waals surface area contributed by atoms with Crippen molar-refractivity contribution < 1.29 is 34.1 Å². The molecule has 1 unspecified atom stereocenters. The van der Waals surface area contributed by atoms with Gasteiger partial charge in [-0.3, -0.25) is 24.6 Å². The maximum atomic E-state index is 14.0. The first-order chi connectivity index (χ1) is 22.4. The minimum Gasteiger partial charge on any atom is -0.445 e. The van der Waals surface area contributed by atoms with E-state index in [1.807, 2.05) is 41.5 Å². The molecule has 49 heavy (non-hydrogen) atoms. The van der Waals surface area contributed by atoms with Crippen LogP contribution in [0.2, 0.25) is 0 Å². The molecule has 0 saturated carbocycles. The van der Waals surface area contributed by atoms with Crippen LogP contribution in [0.1, 0.15) is 75.9 Å². The molecule has 14 nitrogen and oxygen atoms in total. The molecule has 1 spiro atoms. The minimum absolute atomic E-state index is 0.0232. The molecule has 4 amide bonds. The van der Waals surface area contributed by atoms with Crippen LogP contribution in [0.4, 0.5) is 4.79 Å². The van der Waals surface area contributed by atoms with Crippen molar-refractivity contribution in [1.29, 1.82) is 0 Å². The molecule has 268 valence electrons. The summed E-state index contributed by atoms with van der Waals surface area (Å²) in [6, 6.07) is 2.16. The fourth-order valence-corrected chi connectivity index (χ4v) is 6.75. The van der Waals surface area contributed by atoms with Crippen molar-refractivity contribution in [3.8, 4) is 0 Å². The van der Waals surface area contributed by atoms with Gasteiger partial charge in [0.1, 0.15) is 12.6 Å². The number of likely N-dealkylation sites (tertiary alicyclic amines) is 1. The van der Waals surface area contributed by atoms with Gasteiger partial charge in [-0.2, -0.15) is 0 Å². The van der Waals surface area contributed by atoms with E-state index in [4.69, 9.17) is 39.5 Å². The zero-order valence-electron chi connectivity index (χ0n) is 28.1. The summed E-state index contributed by atoms with van der Waals surface area (Å²) in [5, 5.41) is 35.5. The van der Waals surface area contributed by atoms with Gasteiger partial charge in [0.2, 0.25) is 27.4 Å². The number of guanidine groups is 1. The van der Waals surface area contributed by atoms with Gasteiger partial charge < -0.3 is 35.8 Å². The number of aliphatic hydroxyl groups is 2. The number of carbonyl (C=O) groups is 4. The third-order valence-electron chi connectivity index (χ3n) is 9.23. The van der Waals surface area contributed by atoms with Crippen molar-refractivity contribution in [1.82, 2.24) is 31.1 Å². The van der Waals surface area contributed by atoms with Gasteiger partial charge in [-0.05, 0) is 34.1 Å². The molecule has 5 rings (SSSR count). The van der Waals surface area contributed by atoms with Crippen molar-refractivity contribution >= 4 is 64.6 Å². The largest absolute Gasteiger partial charge is 0.445 e. The van der Waals surface area contributed by atoms with Gasteiger partial charge in [0, 0.05) is 24.9 Å². The van der Waals surface area contributed by atoms with E-state index in [9.17, 15) is 29.4 Å². The lowest BCUT2D eigenvalue weighted by Gasteiger charge is -2.49. The maximum absolute atomic E-state index is 14.0. The number of carbonyl (C=O) groups excluding carboxylic acids is 4. The fraction of sp³-hybridized carbons (Fsp3) is 0.594. The first-order valence-corrected chi connectivity index (χ1v) is 16.9. The highest BCUT2D eigenvalue weighted by Crippen LogP contribution is 2.45. The number of halogens is 3. The van der Waals surface area contributed by atoms with Crippen LogP contribution in [-0.2, 0) is 25.2 Å². The van der Waals surface area contributed by atoms with E-state index in [-0.39, 0.29) is 48.5 Å². The van der Waals surface area contributed by atoms with Crippen LogP contribution in [0.5, 0.6) is 0 Å². The smallest absolute Gasteiger partial charge is 0.414 e. The van der Waals surface area contributed by atoms with Gasteiger partial charge in [-0.1, -0.05) is 89.0 Å². The summed E-state index contributed by atoms with van der Waals surface area (Å²) >= 11 is 17.2.